The number of nitrogens with zero attached hydrogens (tertiary/aromatic N) is 2. The molecule has 84 valence electrons. The largest absolute Gasteiger partial charge is 0.458 e. The summed E-state index contributed by atoms with van der Waals surface area (Å²) in [5, 5.41) is 3.06. The summed E-state index contributed by atoms with van der Waals surface area (Å²) < 4.78 is 5.51. The van der Waals surface area contributed by atoms with Crippen molar-refractivity contribution in [2.45, 2.75) is 20.8 Å². The highest BCUT2D eigenvalue weighted by molar-refractivity contribution is 5.55. The molecule has 0 amide bonds. The van der Waals surface area contributed by atoms with Crippen molar-refractivity contribution >= 4 is 5.82 Å². The van der Waals surface area contributed by atoms with Crippen LogP contribution in [0.15, 0.2) is 16.5 Å². The Bertz CT molecular complexity index is 517. The van der Waals surface area contributed by atoms with Crippen LogP contribution < -0.4 is 5.32 Å². The minimum absolute atomic E-state index is 0.626. The standard InChI is InChI=1S/C12H15N3O/c1-7-5-6-10(16-7)12-14-9(3)8(2)11(13-4)15-12/h5-6H,1-4H3,(H,13,14,15). The second-order valence-corrected chi connectivity index (χ2v) is 3.77. The fourth-order valence-electron chi connectivity index (χ4n) is 1.54. The third-order valence-electron chi connectivity index (χ3n) is 2.59. The van der Waals surface area contributed by atoms with Crippen LogP contribution in [0.3, 0.4) is 0 Å². The van der Waals surface area contributed by atoms with Gasteiger partial charge < -0.3 is 9.73 Å². The Morgan fingerprint density at radius 2 is 1.88 bits per heavy atom. The van der Waals surface area contributed by atoms with Gasteiger partial charge in [-0.1, -0.05) is 0 Å². The van der Waals surface area contributed by atoms with Crippen LogP contribution in [0.2, 0.25) is 0 Å². The molecule has 2 heterocycles. The van der Waals surface area contributed by atoms with E-state index in [2.05, 4.69) is 15.3 Å². The number of furan rings is 1. The van der Waals surface area contributed by atoms with E-state index in [1.807, 2.05) is 40.0 Å². The van der Waals surface area contributed by atoms with E-state index in [0.29, 0.717) is 11.6 Å². The smallest absolute Gasteiger partial charge is 0.197 e. The number of rotatable bonds is 2. The molecule has 0 aliphatic heterocycles. The third kappa shape index (κ3) is 1.78. The first-order valence-corrected chi connectivity index (χ1v) is 5.21. The fraction of sp³-hybridized carbons (Fsp3) is 0.333. The Morgan fingerprint density at radius 1 is 1.12 bits per heavy atom. The average molecular weight is 217 g/mol. The molecule has 2 aromatic rings. The van der Waals surface area contributed by atoms with E-state index in [1.54, 1.807) is 0 Å². The van der Waals surface area contributed by atoms with Crippen LogP contribution >= 0.6 is 0 Å². The Balaban J connectivity index is 2.54. The van der Waals surface area contributed by atoms with Crippen molar-refractivity contribution < 1.29 is 4.42 Å². The molecule has 0 unspecified atom stereocenters. The molecule has 0 saturated heterocycles. The van der Waals surface area contributed by atoms with Crippen molar-refractivity contribution in [2.24, 2.45) is 0 Å². The zero-order valence-corrected chi connectivity index (χ0v) is 9.96. The molecule has 0 aliphatic rings. The van der Waals surface area contributed by atoms with Crippen LogP contribution in [-0.4, -0.2) is 17.0 Å². The van der Waals surface area contributed by atoms with Gasteiger partial charge in [0.25, 0.3) is 0 Å². The van der Waals surface area contributed by atoms with Crippen molar-refractivity contribution in [1.82, 2.24) is 9.97 Å². The van der Waals surface area contributed by atoms with Crippen molar-refractivity contribution in [3.63, 3.8) is 0 Å². The number of aromatic nitrogens is 2. The van der Waals surface area contributed by atoms with Gasteiger partial charge in [0.2, 0.25) is 0 Å². The van der Waals surface area contributed by atoms with Crippen molar-refractivity contribution in [3.05, 3.63) is 29.2 Å². The first kappa shape index (κ1) is 10.7. The van der Waals surface area contributed by atoms with Gasteiger partial charge >= 0.3 is 0 Å². The first-order valence-electron chi connectivity index (χ1n) is 5.21. The molecule has 0 spiro atoms. The molecule has 0 bridgehead atoms. The summed E-state index contributed by atoms with van der Waals surface area (Å²) in [6, 6.07) is 3.80. The van der Waals surface area contributed by atoms with Gasteiger partial charge in [0.1, 0.15) is 11.6 Å². The van der Waals surface area contributed by atoms with Crippen LogP contribution in [0.4, 0.5) is 5.82 Å². The normalized spacial score (nSPS) is 10.5. The van der Waals surface area contributed by atoms with Gasteiger partial charge in [0, 0.05) is 18.3 Å². The van der Waals surface area contributed by atoms with E-state index >= 15 is 0 Å². The van der Waals surface area contributed by atoms with E-state index in [4.69, 9.17) is 4.42 Å². The molecule has 0 fully saturated rings. The predicted molar refractivity (Wildman–Crippen MR) is 63.5 cm³/mol. The molecule has 4 nitrogen and oxygen atoms in total. The summed E-state index contributed by atoms with van der Waals surface area (Å²) in [5.41, 5.74) is 2.03. The van der Waals surface area contributed by atoms with E-state index in [1.165, 1.54) is 0 Å². The Morgan fingerprint density at radius 3 is 2.44 bits per heavy atom. The molecule has 16 heavy (non-hydrogen) atoms. The SMILES string of the molecule is CNc1nc(-c2ccc(C)o2)nc(C)c1C. The summed E-state index contributed by atoms with van der Waals surface area (Å²) in [6.07, 6.45) is 0. The van der Waals surface area contributed by atoms with Gasteiger partial charge in [-0.3, -0.25) is 0 Å². The third-order valence-corrected chi connectivity index (χ3v) is 2.59. The van der Waals surface area contributed by atoms with Gasteiger partial charge in [-0.25, -0.2) is 9.97 Å². The fourth-order valence-corrected chi connectivity index (χ4v) is 1.54. The highest BCUT2D eigenvalue weighted by Gasteiger charge is 2.10. The number of hydrogen-bond acceptors (Lipinski definition) is 4. The molecule has 0 aromatic carbocycles. The molecule has 0 radical (unpaired) electrons. The molecular weight excluding hydrogens is 202 g/mol. The molecule has 2 rings (SSSR count). The van der Waals surface area contributed by atoms with Gasteiger partial charge in [0.15, 0.2) is 11.6 Å². The Hall–Kier alpha value is -1.84. The molecule has 1 N–H and O–H groups in total. The van der Waals surface area contributed by atoms with E-state index in [9.17, 15) is 0 Å². The molecular formula is C12H15N3O. The quantitative estimate of drug-likeness (QED) is 0.840. The van der Waals surface area contributed by atoms with E-state index < -0.39 is 0 Å². The maximum absolute atomic E-state index is 5.51. The van der Waals surface area contributed by atoms with Crippen molar-refractivity contribution in [3.8, 4) is 11.6 Å². The first-order chi connectivity index (χ1) is 7.61. The molecule has 0 atom stereocenters. The van der Waals surface area contributed by atoms with Crippen LogP contribution in [0.5, 0.6) is 0 Å². The summed E-state index contributed by atoms with van der Waals surface area (Å²) in [7, 11) is 1.85. The van der Waals surface area contributed by atoms with Crippen LogP contribution in [0.25, 0.3) is 11.6 Å². The molecule has 0 aliphatic carbocycles. The predicted octanol–water partition coefficient (Wildman–Crippen LogP) is 2.70. The second-order valence-electron chi connectivity index (χ2n) is 3.77. The zero-order chi connectivity index (χ0) is 11.7. The summed E-state index contributed by atoms with van der Waals surface area (Å²) in [5.74, 6) is 3.04. The number of nitrogens with one attached hydrogen (secondary N) is 1. The molecule has 4 heteroatoms. The minimum atomic E-state index is 0.626. The van der Waals surface area contributed by atoms with Crippen LogP contribution in [-0.2, 0) is 0 Å². The lowest BCUT2D eigenvalue weighted by atomic mass is 10.2. The van der Waals surface area contributed by atoms with Gasteiger partial charge in [-0.05, 0) is 32.9 Å². The minimum Gasteiger partial charge on any atom is -0.458 e. The molecule has 2 aromatic heterocycles. The van der Waals surface area contributed by atoms with E-state index in [-0.39, 0.29) is 0 Å². The number of aryl methyl sites for hydroxylation is 2. The molecule has 0 saturated carbocycles. The average Bonchev–Trinajstić information content (AvgIpc) is 2.69. The van der Waals surface area contributed by atoms with Gasteiger partial charge in [0.05, 0.1) is 0 Å². The topological polar surface area (TPSA) is 51.0 Å². The lowest BCUT2D eigenvalue weighted by Gasteiger charge is -2.08. The number of hydrogen-bond donors (Lipinski definition) is 1. The second kappa shape index (κ2) is 3.96. The highest BCUT2D eigenvalue weighted by atomic mass is 16.3. The van der Waals surface area contributed by atoms with Gasteiger partial charge in [-0.15, -0.1) is 0 Å². The summed E-state index contributed by atoms with van der Waals surface area (Å²) in [4.78, 5) is 8.84. The van der Waals surface area contributed by atoms with E-state index in [0.717, 1.165) is 22.8 Å². The monoisotopic (exact) mass is 217 g/mol. The Kier molecular flexibility index (Phi) is 2.64. The zero-order valence-electron chi connectivity index (χ0n) is 9.96. The summed E-state index contributed by atoms with van der Waals surface area (Å²) >= 11 is 0. The van der Waals surface area contributed by atoms with Gasteiger partial charge in [-0.2, -0.15) is 0 Å². The Labute approximate surface area is 94.7 Å². The van der Waals surface area contributed by atoms with Crippen molar-refractivity contribution in [1.29, 1.82) is 0 Å². The van der Waals surface area contributed by atoms with Crippen LogP contribution in [0, 0.1) is 20.8 Å². The lowest BCUT2D eigenvalue weighted by Crippen LogP contribution is -2.02. The van der Waals surface area contributed by atoms with Crippen LogP contribution in [0.1, 0.15) is 17.0 Å². The lowest BCUT2D eigenvalue weighted by molar-refractivity contribution is 0.544. The maximum Gasteiger partial charge on any atom is 0.197 e. The number of anilines is 1. The highest BCUT2D eigenvalue weighted by Crippen LogP contribution is 2.22. The maximum atomic E-state index is 5.51. The van der Waals surface area contributed by atoms with Crippen molar-refractivity contribution in [2.75, 3.05) is 12.4 Å². The summed E-state index contributed by atoms with van der Waals surface area (Å²) in [6.45, 7) is 5.87.